The van der Waals surface area contributed by atoms with E-state index in [1.54, 1.807) is 0 Å². The molecule has 2 nitrogen and oxygen atoms in total. The van der Waals surface area contributed by atoms with Gasteiger partial charge in [0.15, 0.2) is 0 Å². The van der Waals surface area contributed by atoms with Gasteiger partial charge in [0.05, 0.1) is 0 Å². The van der Waals surface area contributed by atoms with E-state index < -0.39 is 0 Å². The summed E-state index contributed by atoms with van der Waals surface area (Å²) >= 11 is 0. The van der Waals surface area contributed by atoms with Crippen LogP contribution in [0.3, 0.4) is 0 Å². The van der Waals surface area contributed by atoms with Crippen molar-refractivity contribution in [1.29, 1.82) is 0 Å². The molecule has 0 aliphatic heterocycles. The molecule has 0 radical (unpaired) electrons. The molecule has 1 aromatic carbocycles. The predicted molar refractivity (Wildman–Crippen MR) is 69.9 cm³/mol. The van der Waals surface area contributed by atoms with Gasteiger partial charge in [0.2, 0.25) is 5.91 Å². The monoisotopic (exact) mass is 231 g/mol. The van der Waals surface area contributed by atoms with Crippen molar-refractivity contribution in [3.8, 4) is 0 Å². The van der Waals surface area contributed by atoms with E-state index in [0.29, 0.717) is 12.0 Å². The van der Waals surface area contributed by atoms with Crippen molar-refractivity contribution in [2.24, 2.45) is 5.41 Å². The summed E-state index contributed by atoms with van der Waals surface area (Å²) in [5.41, 5.74) is 2.33. The molecule has 1 N–H and O–H groups in total. The Bertz CT molecular complexity index is 414. The summed E-state index contributed by atoms with van der Waals surface area (Å²) in [7, 11) is 0. The van der Waals surface area contributed by atoms with Gasteiger partial charge in [-0.05, 0) is 18.9 Å². The molecule has 0 heterocycles. The van der Waals surface area contributed by atoms with Gasteiger partial charge in [-0.2, -0.15) is 0 Å². The third-order valence-corrected chi connectivity index (χ3v) is 3.29. The first-order valence-corrected chi connectivity index (χ1v) is 6.25. The van der Waals surface area contributed by atoms with Gasteiger partial charge in [0.25, 0.3) is 0 Å². The van der Waals surface area contributed by atoms with Crippen LogP contribution in [0.1, 0.15) is 44.2 Å². The highest BCUT2D eigenvalue weighted by Gasteiger charge is 2.40. The molecule has 1 unspecified atom stereocenters. The van der Waals surface area contributed by atoms with E-state index in [-0.39, 0.29) is 11.3 Å². The van der Waals surface area contributed by atoms with E-state index in [1.807, 2.05) is 20.8 Å². The quantitative estimate of drug-likeness (QED) is 0.833. The molecule has 2 heteroatoms. The lowest BCUT2D eigenvalue weighted by Crippen LogP contribution is -2.36. The van der Waals surface area contributed by atoms with E-state index in [9.17, 15) is 4.79 Å². The van der Waals surface area contributed by atoms with Crippen molar-refractivity contribution in [3.05, 3.63) is 35.4 Å². The average Bonchev–Trinajstić information content (AvgIpc) is 2.97. The zero-order valence-corrected chi connectivity index (χ0v) is 11.1. The number of hydrogen-bond acceptors (Lipinski definition) is 1. The van der Waals surface area contributed by atoms with Gasteiger partial charge in [0.1, 0.15) is 0 Å². The van der Waals surface area contributed by atoms with Crippen LogP contribution in [0.25, 0.3) is 0 Å². The molecular weight excluding hydrogens is 210 g/mol. The predicted octanol–water partition coefficient (Wildman–Crippen LogP) is 3.01. The number of benzene rings is 1. The lowest BCUT2D eigenvalue weighted by molar-refractivity contribution is -0.128. The van der Waals surface area contributed by atoms with Crippen LogP contribution in [0.2, 0.25) is 0 Å². The van der Waals surface area contributed by atoms with Gasteiger partial charge in [-0.15, -0.1) is 0 Å². The maximum Gasteiger partial charge on any atom is 0.225 e. The molecule has 0 saturated heterocycles. The largest absolute Gasteiger partial charge is 0.352 e. The Morgan fingerprint density at radius 1 is 1.24 bits per heavy atom. The smallest absolute Gasteiger partial charge is 0.225 e. The first-order valence-electron chi connectivity index (χ1n) is 6.25. The number of carbonyl (C=O) groups is 1. The van der Waals surface area contributed by atoms with Gasteiger partial charge in [-0.1, -0.05) is 50.6 Å². The Morgan fingerprint density at radius 2 is 1.82 bits per heavy atom. The molecule has 92 valence electrons. The molecule has 1 aliphatic rings. The molecule has 1 aromatic rings. The number of rotatable bonds is 2. The Hall–Kier alpha value is -1.31. The van der Waals surface area contributed by atoms with Crippen molar-refractivity contribution >= 4 is 5.91 Å². The van der Waals surface area contributed by atoms with E-state index in [4.69, 9.17) is 0 Å². The number of nitrogens with one attached hydrogen (secondary N) is 1. The second-order valence-electron chi connectivity index (χ2n) is 6.08. The lowest BCUT2D eigenvalue weighted by Gasteiger charge is -2.17. The summed E-state index contributed by atoms with van der Waals surface area (Å²) in [6.07, 6.45) is 1.07. The van der Waals surface area contributed by atoms with Gasteiger partial charge in [0, 0.05) is 17.4 Å². The molecule has 1 fully saturated rings. The van der Waals surface area contributed by atoms with Crippen LogP contribution in [0.5, 0.6) is 0 Å². The molecule has 0 bridgehead atoms. The Balaban J connectivity index is 1.93. The highest BCUT2D eigenvalue weighted by atomic mass is 16.2. The molecule has 2 atom stereocenters. The van der Waals surface area contributed by atoms with Gasteiger partial charge >= 0.3 is 0 Å². The van der Waals surface area contributed by atoms with Crippen molar-refractivity contribution in [2.75, 3.05) is 0 Å². The highest BCUT2D eigenvalue weighted by Crippen LogP contribution is 2.41. The highest BCUT2D eigenvalue weighted by molar-refractivity contribution is 5.82. The maximum absolute atomic E-state index is 11.8. The first-order chi connectivity index (χ1) is 7.88. The summed E-state index contributed by atoms with van der Waals surface area (Å²) in [5.74, 6) is 0.666. The van der Waals surface area contributed by atoms with Crippen molar-refractivity contribution in [2.45, 2.75) is 46.1 Å². The Kier molecular flexibility index (Phi) is 2.98. The second-order valence-corrected chi connectivity index (χ2v) is 6.08. The first kappa shape index (κ1) is 12.2. The van der Waals surface area contributed by atoms with Crippen molar-refractivity contribution in [3.63, 3.8) is 0 Å². The standard InChI is InChI=1S/C15H21NO/c1-10-5-7-11(8-6-10)12-9-13(12)16-14(17)15(2,3)4/h5-8,12-13H,9H2,1-4H3,(H,16,17)/t12-,13?/m0/s1. The second kappa shape index (κ2) is 4.17. The molecule has 0 aromatic heterocycles. The van der Waals surface area contributed by atoms with E-state index in [1.165, 1.54) is 11.1 Å². The summed E-state index contributed by atoms with van der Waals surface area (Å²) < 4.78 is 0. The van der Waals surface area contributed by atoms with Crippen LogP contribution in [-0.2, 0) is 4.79 Å². The molecule has 0 spiro atoms. The minimum Gasteiger partial charge on any atom is -0.352 e. The third kappa shape index (κ3) is 2.87. The van der Waals surface area contributed by atoms with Crippen LogP contribution in [0.15, 0.2) is 24.3 Å². The van der Waals surface area contributed by atoms with Crippen LogP contribution >= 0.6 is 0 Å². The molecule has 17 heavy (non-hydrogen) atoms. The fourth-order valence-electron chi connectivity index (χ4n) is 1.92. The minimum atomic E-state index is -0.291. The van der Waals surface area contributed by atoms with Gasteiger partial charge in [-0.25, -0.2) is 0 Å². The summed E-state index contributed by atoms with van der Waals surface area (Å²) in [6.45, 7) is 7.94. The van der Waals surface area contributed by atoms with Crippen molar-refractivity contribution < 1.29 is 4.79 Å². The number of carbonyl (C=O) groups excluding carboxylic acids is 1. The zero-order chi connectivity index (χ0) is 12.6. The SMILES string of the molecule is Cc1ccc([C@@H]2CC2NC(=O)C(C)(C)C)cc1. The van der Waals surface area contributed by atoms with Crippen LogP contribution in [0.4, 0.5) is 0 Å². The minimum absolute atomic E-state index is 0.150. The summed E-state index contributed by atoms with van der Waals surface area (Å²) in [6, 6.07) is 8.95. The number of hydrogen-bond donors (Lipinski definition) is 1. The topological polar surface area (TPSA) is 29.1 Å². The van der Waals surface area contributed by atoms with Crippen LogP contribution in [-0.4, -0.2) is 11.9 Å². The van der Waals surface area contributed by atoms with Crippen molar-refractivity contribution in [1.82, 2.24) is 5.32 Å². The molecule has 1 amide bonds. The third-order valence-electron chi connectivity index (χ3n) is 3.29. The van der Waals surface area contributed by atoms with Crippen LogP contribution in [0, 0.1) is 12.3 Å². The summed E-state index contributed by atoms with van der Waals surface area (Å²) in [5, 5.41) is 3.12. The molecular formula is C15H21NO. The fraction of sp³-hybridized carbons (Fsp3) is 0.533. The normalized spacial score (nSPS) is 23.3. The van der Waals surface area contributed by atoms with E-state index >= 15 is 0 Å². The van der Waals surface area contributed by atoms with E-state index in [2.05, 4.69) is 36.5 Å². The average molecular weight is 231 g/mol. The Labute approximate surface area is 103 Å². The molecule has 1 saturated carbocycles. The Morgan fingerprint density at radius 3 is 2.35 bits per heavy atom. The van der Waals surface area contributed by atoms with Gasteiger partial charge < -0.3 is 5.32 Å². The van der Waals surface area contributed by atoms with Crippen LogP contribution < -0.4 is 5.32 Å². The van der Waals surface area contributed by atoms with E-state index in [0.717, 1.165) is 6.42 Å². The fourth-order valence-corrected chi connectivity index (χ4v) is 1.92. The lowest BCUT2D eigenvalue weighted by atomic mass is 9.95. The number of aryl methyl sites for hydroxylation is 1. The maximum atomic E-state index is 11.8. The summed E-state index contributed by atoms with van der Waals surface area (Å²) in [4.78, 5) is 11.8. The molecule has 1 aliphatic carbocycles. The molecule has 2 rings (SSSR count). The zero-order valence-electron chi connectivity index (χ0n) is 11.1. The number of amides is 1. The van der Waals surface area contributed by atoms with Gasteiger partial charge in [-0.3, -0.25) is 4.79 Å².